The Labute approximate surface area is 197 Å². The van der Waals surface area contributed by atoms with Crippen molar-refractivity contribution >= 4 is 29.1 Å². The van der Waals surface area contributed by atoms with Crippen LogP contribution in [0.15, 0.2) is 18.2 Å². The number of Topliss-reactive ketones (excluding diaryl/α,β-unsaturated/α-hetero) is 1. The molecule has 2 N–H and O–H groups in total. The molecule has 0 fully saturated rings. The summed E-state index contributed by atoms with van der Waals surface area (Å²) in [6.45, 7) is 7.46. The fourth-order valence-corrected chi connectivity index (χ4v) is 3.31. The van der Waals surface area contributed by atoms with Gasteiger partial charge in [0.15, 0.2) is 6.10 Å². The van der Waals surface area contributed by atoms with Gasteiger partial charge in [-0.1, -0.05) is 0 Å². The summed E-state index contributed by atoms with van der Waals surface area (Å²) in [5, 5.41) is 13.7. The normalized spacial score (nSPS) is 13.0. The maximum absolute atomic E-state index is 12.9. The SMILES string of the molecule is CCOC(=O)c1c(C)[nH]c(C(=O)C(C)OC(=O)[C@H](C)Nc2ccc(C(F)(F)F)cc2[N+](=O)[O-])c1C. The van der Waals surface area contributed by atoms with Gasteiger partial charge in [0, 0.05) is 11.8 Å². The molecule has 2 rings (SSSR count). The van der Waals surface area contributed by atoms with E-state index in [1.165, 1.54) is 20.8 Å². The van der Waals surface area contributed by atoms with Crippen molar-refractivity contribution in [3.8, 4) is 0 Å². The number of nitrogens with one attached hydrogen (secondary N) is 2. The number of anilines is 1. The lowest BCUT2D eigenvalue weighted by Crippen LogP contribution is -2.34. The fourth-order valence-electron chi connectivity index (χ4n) is 3.31. The molecule has 0 spiro atoms. The number of esters is 2. The largest absolute Gasteiger partial charge is 0.462 e. The van der Waals surface area contributed by atoms with E-state index < -0.39 is 52.2 Å². The van der Waals surface area contributed by atoms with Gasteiger partial charge in [0.25, 0.3) is 5.69 Å². The predicted octanol–water partition coefficient (Wildman–Crippen LogP) is 4.35. The molecule has 1 heterocycles. The van der Waals surface area contributed by atoms with Gasteiger partial charge in [0.05, 0.1) is 28.4 Å². The number of aryl methyl sites for hydroxylation is 1. The number of rotatable bonds is 9. The number of halogens is 3. The maximum atomic E-state index is 12.9. The average Bonchev–Trinajstić information content (AvgIpc) is 3.06. The Kier molecular flexibility index (Phi) is 8.26. The van der Waals surface area contributed by atoms with E-state index in [9.17, 15) is 37.7 Å². The topological polar surface area (TPSA) is 141 Å². The van der Waals surface area contributed by atoms with Crippen LogP contribution in [0.2, 0.25) is 0 Å². The summed E-state index contributed by atoms with van der Waals surface area (Å²) in [5.74, 6) is -2.23. The van der Waals surface area contributed by atoms with E-state index in [0.29, 0.717) is 23.4 Å². The molecule has 2 aromatic rings. The highest BCUT2D eigenvalue weighted by Gasteiger charge is 2.34. The van der Waals surface area contributed by atoms with Crippen LogP contribution < -0.4 is 5.32 Å². The van der Waals surface area contributed by atoms with Gasteiger partial charge in [-0.25, -0.2) is 9.59 Å². The summed E-state index contributed by atoms with van der Waals surface area (Å²) in [7, 11) is 0. The van der Waals surface area contributed by atoms with Crippen molar-refractivity contribution < 1.29 is 42.0 Å². The standard InChI is InChI=1S/C22H24F3N3O7/c1-6-34-21(31)17-10(2)18(27-11(17)3)19(29)13(5)35-20(30)12(4)26-15-8-7-14(22(23,24)25)9-16(15)28(32)33/h7-9,12-13,26-27H,6H2,1-5H3/t12-,13?/m0/s1. The molecule has 35 heavy (non-hydrogen) atoms. The van der Waals surface area contributed by atoms with Crippen molar-refractivity contribution in [2.24, 2.45) is 0 Å². The summed E-state index contributed by atoms with van der Waals surface area (Å²) in [4.78, 5) is 50.4. The molecule has 2 atom stereocenters. The van der Waals surface area contributed by atoms with Crippen LogP contribution in [-0.4, -0.2) is 46.4 Å². The van der Waals surface area contributed by atoms with E-state index in [2.05, 4.69) is 10.3 Å². The number of hydrogen-bond acceptors (Lipinski definition) is 8. The number of nitro benzene ring substituents is 1. The van der Waals surface area contributed by atoms with E-state index in [1.54, 1.807) is 13.8 Å². The van der Waals surface area contributed by atoms with Gasteiger partial charge in [-0.2, -0.15) is 13.2 Å². The lowest BCUT2D eigenvalue weighted by atomic mass is 10.1. The van der Waals surface area contributed by atoms with Crippen molar-refractivity contribution in [2.45, 2.75) is 52.9 Å². The zero-order chi connectivity index (χ0) is 26.7. The maximum Gasteiger partial charge on any atom is 0.416 e. The van der Waals surface area contributed by atoms with Gasteiger partial charge in [-0.3, -0.25) is 14.9 Å². The minimum absolute atomic E-state index is 0.0462. The van der Waals surface area contributed by atoms with Crippen LogP contribution in [0.25, 0.3) is 0 Å². The number of H-pyrrole nitrogens is 1. The number of hydrogen-bond donors (Lipinski definition) is 2. The second-order valence-electron chi connectivity index (χ2n) is 7.64. The van der Waals surface area contributed by atoms with E-state index in [0.717, 1.165) is 6.07 Å². The van der Waals surface area contributed by atoms with Crippen molar-refractivity contribution in [3.05, 3.63) is 56.4 Å². The zero-order valence-corrected chi connectivity index (χ0v) is 19.5. The predicted molar refractivity (Wildman–Crippen MR) is 117 cm³/mol. The van der Waals surface area contributed by atoms with Crippen molar-refractivity contribution in [1.29, 1.82) is 0 Å². The van der Waals surface area contributed by atoms with Gasteiger partial charge in [-0.15, -0.1) is 0 Å². The zero-order valence-electron chi connectivity index (χ0n) is 19.5. The molecule has 1 aromatic heterocycles. The molecule has 1 aromatic carbocycles. The Morgan fingerprint density at radius 3 is 2.37 bits per heavy atom. The van der Waals surface area contributed by atoms with Crippen LogP contribution in [-0.2, 0) is 20.4 Å². The quantitative estimate of drug-likeness (QED) is 0.225. The molecule has 0 bridgehead atoms. The molecule has 190 valence electrons. The first-order valence-electron chi connectivity index (χ1n) is 10.4. The third-order valence-corrected chi connectivity index (χ3v) is 5.07. The Morgan fingerprint density at radius 2 is 1.83 bits per heavy atom. The van der Waals surface area contributed by atoms with Crippen molar-refractivity contribution in [2.75, 3.05) is 11.9 Å². The molecule has 0 aliphatic carbocycles. The number of ether oxygens (including phenoxy) is 2. The van der Waals surface area contributed by atoms with Crippen molar-refractivity contribution in [1.82, 2.24) is 4.98 Å². The molecular formula is C22H24F3N3O7. The van der Waals surface area contributed by atoms with Crippen LogP contribution >= 0.6 is 0 Å². The monoisotopic (exact) mass is 499 g/mol. The number of carbonyl (C=O) groups excluding carboxylic acids is 3. The fraction of sp³-hybridized carbons (Fsp3) is 0.409. The van der Waals surface area contributed by atoms with Crippen LogP contribution in [0.5, 0.6) is 0 Å². The van der Waals surface area contributed by atoms with Crippen molar-refractivity contribution in [3.63, 3.8) is 0 Å². The van der Waals surface area contributed by atoms with Crippen LogP contribution in [0.1, 0.15) is 58.4 Å². The average molecular weight is 499 g/mol. The molecule has 0 saturated heterocycles. The molecular weight excluding hydrogens is 475 g/mol. The van der Waals surface area contributed by atoms with Gasteiger partial charge < -0.3 is 19.8 Å². The second kappa shape index (κ2) is 10.6. The first kappa shape index (κ1) is 27.3. The number of aromatic nitrogens is 1. The molecule has 1 unspecified atom stereocenters. The number of ketones is 1. The summed E-state index contributed by atoms with van der Waals surface area (Å²) in [5.41, 5.74) is -1.48. The van der Waals surface area contributed by atoms with Gasteiger partial charge in [-0.05, 0) is 52.3 Å². The number of nitrogens with zero attached hydrogens (tertiary/aromatic N) is 1. The van der Waals surface area contributed by atoms with Crippen LogP contribution in [0.3, 0.4) is 0 Å². The lowest BCUT2D eigenvalue weighted by Gasteiger charge is -2.18. The molecule has 10 nitrogen and oxygen atoms in total. The highest BCUT2D eigenvalue weighted by molar-refractivity contribution is 6.04. The molecule has 0 saturated carbocycles. The Hall–Kier alpha value is -3.90. The Balaban J connectivity index is 2.16. The van der Waals surface area contributed by atoms with Crippen LogP contribution in [0, 0.1) is 24.0 Å². The Morgan fingerprint density at radius 1 is 1.20 bits per heavy atom. The highest BCUT2D eigenvalue weighted by atomic mass is 19.4. The Bertz CT molecular complexity index is 1160. The summed E-state index contributed by atoms with van der Waals surface area (Å²) < 4.78 is 48.7. The summed E-state index contributed by atoms with van der Waals surface area (Å²) in [6.07, 6.45) is -6.09. The first-order valence-corrected chi connectivity index (χ1v) is 10.4. The highest BCUT2D eigenvalue weighted by Crippen LogP contribution is 2.35. The molecule has 0 amide bonds. The number of alkyl halides is 3. The third-order valence-electron chi connectivity index (χ3n) is 5.07. The minimum atomic E-state index is -4.79. The molecule has 0 aliphatic rings. The van der Waals surface area contributed by atoms with E-state index in [-0.39, 0.29) is 23.6 Å². The number of aromatic amines is 1. The smallest absolute Gasteiger partial charge is 0.416 e. The molecule has 0 radical (unpaired) electrons. The van der Waals surface area contributed by atoms with Gasteiger partial charge >= 0.3 is 18.1 Å². The summed E-state index contributed by atoms with van der Waals surface area (Å²) >= 11 is 0. The van der Waals surface area contributed by atoms with Gasteiger partial charge in [0.1, 0.15) is 11.7 Å². The van der Waals surface area contributed by atoms with E-state index >= 15 is 0 Å². The number of carbonyl (C=O) groups is 3. The molecule has 13 heteroatoms. The third kappa shape index (κ3) is 6.16. The second-order valence-corrected chi connectivity index (χ2v) is 7.64. The minimum Gasteiger partial charge on any atom is -0.462 e. The first-order chi connectivity index (χ1) is 16.2. The summed E-state index contributed by atoms with van der Waals surface area (Å²) in [6, 6.07) is 0.574. The van der Waals surface area contributed by atoms with E-state index in [1.807, 2.05) is 0 Å². The van der Waals surface area contributed by atoms with E-state index in [4.69, 9.17) is 9.47 Å². The number of benzene rings is 1. The lowest BCUT2D eigenvalue weighted by molar-refractivity contribution is -0.384. The van der Waals surface area contributed by atoms with Crippen LogP contribution in [0.4, 0.5) is 24.5 Å². The molecule has 0 aliphatic heterocycles. The number of nitro groups is 1. The van der Waals surface area contributed by atoms with Gasteiger partial charge in [0.2, 0.25) is 5.78 Å².